The number of aliphatic hydroxyl groups excluding tert-OH is 1. The zero-order chi connectivity index (χ0) is 41.8. The van der Waals surface area contributed by atoms with E-state index in [4.69, 9.17) is 14.0 Å². The molecule has 0 aliphatic heterocycles. The third-order valence-electron chi connectivity index (χ3n) is 10.8. The fraction of sp³-hybridized carbons (Fsp3) is 0.911. The minimum absolute atomic E-state index is 0.00797. The van der Waals surface area contributed by atoms with E-state index in [9.17, 15) is 29.3 Å². The number of nitrogens with zero attached hydrogens (tertiary/aromatic N) is 1. The summed E-state index contributed by atoms with van der Waals surface area (Å²) >= 11 is 0. The first kappa shape index (κ1) is 54.7. The Kier molecular flexibility index (Phi) is 35.9. The van der Waals surface area contributed by atoms with Crippen molar-refractivity contribution < 1.29 is 47.7 Å². The van der Waals surface area contributed by atoms with Crippen molar-refractivity contribution >= 4 is 19.5 Å². The van der Waals surface area contributed by atoms with E-state index in [1.807, 2.05) is 0 Å². The highest BCUT2D eigenvalue weighted by Crippen LogP contribution is 2.48. The molecule has 0 aromatic heterocycles. The maximum atomic E-state index is 13.4. The van der Waals surface area contributed by atoms with Crippen LogP contribution in [0.1, 0.15) is 213 Å². The molecule has 2 N–H and O–H groups in total. The number of rotatable bonds is 41. The molecule has 2 unspecified atom stereocenters. The maximum Gasteiger partial charge on any atom is 0.306 e. The first-order valence-corrected chi connectivity index (χ1v) is 24.6. The molecule has 0 bridgehead atoms. The summed E-state index contributed by atoms with van der Waals surface area (Å²) in [6, 6.07) is 0. The minimum Gasteiger partial charge on any atom is -0.774 e. The van der Waals surface area contributed by atoms with Crippen LogP contribution in [0, 0.1) is 0 Å². The number of carbonyl (C=O) groups excluding carboxylic acids is 2. The predicted molar refractivity (Wildman–Crippen MR) is 228 cm³/mol. The molecule has 0 saturated heterocycles. The van der Waals surface area contributed by atoms with Gasteiger partial charge in [0.25, 0.3) is 0 Å². The highest BCUT2D eigenvalue weighted by molar-refractivity contribution is 7.51. The fourth-order valence-electron chi connectivity index (χ4n) is 7.22. The molecule has 11 heteroatoms. The number of allylic oxidation sites excluding steroid dienone is 2. The number of esters is 2. The van der Waals surface area contributed by atoms with Gasteiger partial charge in [-0.2, -0.15) is 0 Å². The molecule has 10 nitrogen and oxygen atoms in total. The molecule has 0 heterocycles. The van der Waals surface area contributed by atoms with Gasteiger partial charge in [-0.3, -0.25) is 9.59 Å². The Morgan fingerprint density at radius 2 is 1.04 bits per heavy atom. The number of aliphatic hydroxyl groups is 2. The van der Waals surface area contributed by atoms with Crippen LogP contribution in [0.3, 0.4) is 0 Å². The van der Waals surface area contributed by atoms with E-state index >= 15 is 0 Å². The topological polar surface area (TPSA) is 142 Å². The van der Waals surface area contributed by atoms with Crippen molar-refractivity contribution in [3.8, 4) is 0 Å². The van der Waals surface area contributed by atoms with Gasteiger partial charge in [0.05, 0.1) is 27.2 Å². The van der Waals surface area contributed by atoms with Gasteiger partial charge in [-0.05, 0) is 38.5 Å². The van der Waals surface area contributed by atoms with Gasteiger partial charge in [-0.1, -0.05) is 161 Å². The van der Waals surface area contributed by atoms with Crippen molar-refractivity contribution in [2.75, 3.05) is 33.9 Å². The van der Waals surface area contributed by atoms with Crippen molar-refractivity contribution in [3.63, 3.8) is 0 Å². The van der Waals surface area contributed by atoms with Gasteiger partial charge >= 0.3 is 11.9 Å². The first-order chi connectivity index (χ1) is 26.9. The minimum atomic E-state index is -4.51. The average molecular weight is 818 g/mol. The fourth-order valence-corrected chi connectivity index (χ4v) is 9.09. The lowest BCUT2D eigenvalue weighted by atomic mass is 10.0. The molecule has 0 fully saturated rings. The van der Waals surface area contributed by atoms with Gasteiger partial charge in [0.1, 0.15) is 6.61 Å². The maximum absolute atomic E-state index is 13.4. The Morgan fingerprint density at radius 1 is 0.625 bits per heavy atom. The van der Waals surface area contributed by atoms with Crippen LogP contribution in [0.4, 0.5) is 0 Å². The molecule has 0 aliphatic rings. The third kappa shape index (κ3) is 32.6. The van der Waals surface area contributed by atoms with E-state index in [0.29, 0.717) is 6.42 Å². The van der Waals surface area contributed by atoms with Crippen molar-refractivity contribution in [1.29, 1.82) is 0 Å². The number of ether oxygens (including phenoxy) is 2. The normalized spacial score (nSPS) is 14.3. The Bertz CT molecular complexity index is 1010. The number of hydrogen-bond donors (Lipinski definition) is 2. The SMILES string of the molecule is CCCCCCCCC/C=C\CCCCC(=O)O[C@H](COC(=O)CCCCCCCCCCCCCCCCC)COP(=O)([O-])C(CC)[N+](C)(C)CCC(O)O. The smallest absolute Gasteiger partial charge is 0.306 e. The van der Waals surface area contributed by atoms with Crippen LogP contribution in [0.25, 0.3) is 0 Å². The molecule has 0 spiro atoms. The highest BCUT2D eigenvalue weighted by Gasteiger charge is 2.37. The summed E-state index contributed by atoms with van der Waals surface area (Å²) in [7, 11) is -1.10. The number of carbonyl (C=O) groups is 2. The molecule has 3 atom stereocenters. The molecule has 0 rings (SSSR count). The second-order valence-electron chi connectivity index (χ2n) is 16.6. The third-order valence-corrected chi connectivity index (χ3v) is 13.0. The lowest BCUT2D eigenvalue weighted by molar-refractivity contribution is -0.904. The summed E-state index contributed by atoms with van der Waals surface area (Å²) in [6.45, 7) is 5.69. The zero-order valence-electron chi connectivity index (χ0n) is 36.9. The van der Waals surface area contributed by atoms with Crippen LogP contribution in [0.15, 0.2) is 12.2 Å². The molecular weight excluding hydrogens is 729 g/mol. The summed E-state index contributed by atoms with van der Waals surface area (Å²) < 4.78 is 29.9. The first-order valence-electron chi connectivity index (χ1n) is 23.0. The quantitative estimate of drug-likeness (QED) is 0.0154. The standard InChI is InChI=1S/C45H88NO9P/c1-6-9-11-13-15-17-19-21-22-24-25-27-29-31-33-35-44(49)53-39-41(40-54-56(51,52)42(8-3)46(4,5)38-37-43(47)48)55-45(50)36-34-32-30-28-26-23-20-18-16-14-12-10-7-2/h26,28,41-43,47-48H,6-25,27,29-40H2,1-5H3/b28-26-/t41-,42?/m1/s1. The summed E-state index contributed by atoms with van der Waals surface area (Å²) in [5, 5.41) is 18.7. The zero-order valence-corrected chi connectivity index (χ0v) is 37.8. The molecule has 0 aliphatic carbocycles. The van der Waals surface area contributed by atoms with E-state index in [2.05, 4.69) is 26.0 Å². The van der Waals surface area contributed by atoms with Crippen LogP contribution < -0.4 is 4.89 Å². The van der Waals surface area contributed by atoms with Crippen molar-refractivity contribution in [2.24, 2.45) is 0 Å². The Morgan fingerprint density at radius 3 is 1.50 bits per heavy atom. The molecular formula is C45H88NO9P. The van der Waals surface area contributed by atoms with Crippen LogP contribution >= 0.6 is 7.60 Å². The summed E-state index contributed by atoms with van der Waals surface area (Å²) in [5.41, 5.74) is 0. The van der Waals surface area contributed by atoms with Crippen LogP contribution in [-0.2, 0) is 28.2 Å². The van der Waals surface area contributed by atoms with E-state index in [0.717, 1.165) is 38.5 Å². The second-order valence-corrected chi connectivity index (χ2v) is 18.6. The van der Waals surface area contributed by atoms with Gasteiger partial charge in [-0.25, -0.2) is 0 Å². The molecule has 0 saturated carbocycles. The second kappa shape index (κ2) is 36.8. The Labute approximate surface area is 344 Å². The monoisotopic (exact) mass is 818 g/mol. The molecule has 332 valence electrons. The lowest BCUT2D eigenvalue weighted by Crippen LogP contribution is -2.51. The van der Waals surface area contributed by atoms with Crippen molar-refractivity contribution in [1.82, 2.24) is 0 Å². The summed E-state index contributed by atoms with van der Waals surface area (Å²) in [6.07, 6.45) is 33.5. The number of unbranched alkanes of at least 4 members (excludes halogenated alkanes) is 23. The molecule has 0 radical (unpaired) electrons. The van der Waals surface area contributed by atoms with Crippen molar-refractivity contribution in [3.05, 3.63) is 12.2 Å². The summed E-state index contributed by atoms with van der Waals surface area (Å²) in [5.74, 6) is -1.84. The van der Waals surface area contributed by atoms with E-state index < -0.39 is 44.3 Å². The number of hydrogen-bond acceptors (Lipinski definition) is 9. The van der Waals surface area contributed by atoms with Crippen molar-refractivity contribution in [2.45, 2.75) is 232 Å². The van der Waals surface area contributed by atoms with Gasteiger partial charge in [-0.15, -0.1) is 0 Å². The summed E-state index contributed by atoms with van der Waals surface area (Å²) in [4.78, 5) is 38.8. The molecule has 0 amide bonds. The largest absolute Gasteiger partial charge is 0.774 e. The van der Waals surface area contributed by atoms with Gasteiger partial charge in [0, 0.05) is 25.7 Å². The molecule has 0 aromatic rings. The van der Waals surface area contributed by atoms with Crippen LogP contribution in [0.5, 0.6) is 0 Å². The van der Waals surface area contributed by atoms with E-state index in [1.54, 1.807) is 21.0 Å². The predicted octanol–water partition coefficient (Wildman–Crippen LogP) is 11.0. The molecule has 0 aromatic carbocycles. The van der Waals surface area contributed by atoms with E-state index in [1.165, 1.54) is 122 Å². The van der Waals surface area contributed by atoms with E-state index in [-0.39, 0.29) is 43.3 Å². The van der Waals surface area contributed by atoms with Crippen LogP contribution in [0.2, 0.25) is 0 Å². The average Bonchev–Trinajstić information content (AvgIpc) is 3.15. The van der Waals surface area contributed by atoms with Gasteiger partial charge in [0.2, 0.25) is 0 Å². The highest BCUT2D eigenvalue weighted by atomic mass is 31.2. The van der Waals surface area contributed by atoms with Gasteiger partial charge < -0.3 is 38.2 Å². The van der Waals surface area contributed by atoms with Gasteiger partial charge in [0.15, 0.2) is 25.8 Å². The molecule has 56 heavy (non-hydrogen) atoms. The lowest BCUT2D eigenvalue weighted by Gasteiger charge is -2.44. The Hall–Kier alpha value is -1.29. The van der Waals surface area contributed by atoms with Crippen LogP contribution in [-0.4, -0.2) is 78.7 Å². The Balaban J connectivity index is 4.74. The number of quaternary nitrogens is 1.